The molecule has 0 aliphatic heterocycles. The van der Waals surface area contributed by atoms with Gasteiger partial charge in [-0.2, -0.15) is 0 Å². The van der Waals surface area contributed by atoms with Crippen LogP contribution in [0.2, 0.25) is 0 Å². The van der Waals surface area contributed by atoms with Crippen LogP contribution in [0, 0.1) is 5.82 Å². The van der Waals surface area contributed by atoms with Crippen LogP contribution in [0.5, 0.6) is 0 Å². The number of benzene rings is 1. The van der Waals surface area contributed by atoms with Crippen LogP contribution in [0.1, 0.15) is 46.2 Å². The van der Waals surface area contributed by atoms with Crippen molar-refractivity contribution in [2.45, 2.75) is 46.3 Å². The minimum atomic E-state index is -0.521. The van der Waals surface area contributed by atoms with Crippen molar-refractivity contribution in [3.8, 4) is 0 Å². The minimum absolute atomic E-state index is 0.152. The van der Waals surface area contributed by atoms with Crippen LogP contribution < -0.4 is 0 Å². The molecule has 0 aromatic heterocycles. The van der Waals surface area contributed by atoms with Crippen LogP contribution in [-0.2, 0) is 4.74 Å². The summed E-state index contributed by atoms with van der Waals surface area (Å²) >= 11 is 0. The predicted octanol–water partition coefficient (Wildman–Crippen LogP) is 4.14. The van der Waals surface area contributed by atoms with E-state index < -0.39 is 5.60 Å². The van der Waals surface area contributed by atoms with Gasteiger partial charge in [0.25, 0.3) is 0 Å². The molecule has 0 saturated heterocycles. The summed E-state index contributed by atoms with van der Waals surface area (Å²) in [6.07, 6.45) is -0.355. The second-order valence-corrected chi connectivity index (χ2v) is 5.49. The number of amides is 1. The fourth-order valence-corrected chi connectivity index (χ4v) is 1.80. The Morgan fingerprint density at radius 2 is 1.84 bits per heavy atom. The van der Waals surface area contributed by atoms with Crippen molar-refractivity contribution in [3.63, 3.8) is 0 Å². The van der Waals surface area contributed by atoms with E-state index in [0.717, 1.165) is 5.56 Å². The van der Waals surface area contributed by atoms with E-state index in [9.17, 15) is 9.18 Å². The molecule has 106 valence electrons. The van der Waals surface area contributed by atoms with Crippen LogP contribution in [0.4, 0.5) is 9.18 Å². The number of halogens is 1. The van der Waals surface area contributed by atoms with Gasteiger partial charge in [0.05, 0.1) is 6.04 Å². The maximum Gasteiger partial charge on any atom is 0.410 e. The molecule has 1 aromatic rings. The van der Waals surface area contributed by atoms with Crippen LogP contribution in [-0.4, -0.2) is 23.1 Å². The summed E-state index contributed by atoms with van der Waals surface area (Å²) in [7, 11) is 0. The third kappa shape index (κ3) is 4.54. The Hall–Kier alpha value is -1.58. The second-order valence-electron chi connectivity index (χ2n) is 5.49. The van der Waals surface area contributed by atoms with Gasteiger partial charge in [-0.05, 0) is 52.3 Å². The van der Waals surface area contributed by atoms with Crippen LogP contribution in [0.25, 0.3) is 0 Å². The first kappa shape index (κ1) is 15.5. The monoisotopic (exact) mass is 267 g/mol. The summed E-state index contributed by atoms with van der Waals surface area (Å²) in [5.41, 5.74) is 0.363. The van der Waals surface area contributed by atoms with E-state index >= 15 is 0 Å². The highest BCUT2D eigenvalue weighted by Gasteiger charge is 2.25. The number of carbonyl (C=O) groups excluding carboxylic acids is 1. The molecule has 4 heteroatoms. The van der Waals surface area contributed by atoms with E-state index in [1.165, 1.54) is 12.1 Å². The SMILES string of the molecule is CCN(C(=O)OC(C)(C)C)C(C)c1ccc(F)cc1. The first-order chi connectivity index (χ1) is 8.74. The summed E-state index contributed by atoms with van der Waals surface area (Å²) in [6, 6.07) is 6.02. The smallest absolute Gasteiger partial charge is 0.410 e. The van der Waals surface area contributed by atoms with E-state index in [1.54, 1.807) is 17.0 Å². The topological polar surface area (TPSA) is 29.5 Å². The molecule has 0 heterocycles. The molecule has 1 atom stereocenters. The van der Waals surface area contributed by atoms with E-state index in [0.29, 0.717) is 6.54 Å². The van der Waals surface area contributed by atoms with Crippen molar-refractivity contribution < 1.29 is 13.9 Å². The van der Waals surface area contributed by atoms with Crippen LogP contribution >= 0.6 is 0 Å². The number of hydrogen-bond acceptors (Lipinski definition) is 2. The summed E-state index contributed by atoms with van der Waals surface area (Å²) in [5, 5.41) is 0. The maximum absolute atomic E-state index is 12.9. The highest BCUT2D eigenvalue weighted by molar-refractivity contribution is 5.68. The molecule has 1 unspecified atom stereocenters. The summed E-state index contributed by atoms with van der Waals surface area (Å²) in [4.78, 5) is 13.7. The zero-order valence-electron chi connectivity index (χ0n) is 12.2. The predicted molar refractivity (Wildman–Crippen MR) is 73.4 cm³/mol. The molecule has 0 aliphatic carbocycles. The highest BCUT2D eigenvalue weighted by atomic mass is 19.1. The summed E-state index contributed by atoms with van der Waals surface area (Å²) < 4.78 is 18.3. The van der Waals surface area contributed by atoms with Crippen LogP contribution in [0.15, 0.2) is 24.3 Å². The molecule has 1 amide bonds. The Morgan fingerprint density at radius 1 is 1.32 bits per heavy atom. The molecular formula is C15H22FNO2. The van der Waals surface area contributed by atoms with Gasteiger partial charge in [0, 0.05) is 6.54 Å². The maximum atomic E-state index is 12.9. The normalized spacial score (nSPS) is 12.9. The molecule has 3 nitrogen and oxygen atoms in total. The van der Waals surface area contributed by atoms with Crippen molar-refractivity contribution in [3.05, 3.63) is 35.6 Å². The van der Waals surface area contributed by atoms with Gasteiger partial charge in [-0.25, -0.2) is 9.18 Å². The van der Waals surface area contributed by atoms with Gasteiger partial charge < -0.3 is 9.64 Å². The Labute approximate surface area is 114 Å². The zero-order chi connectivity index (χ0) is 14.6. The van der Waals surface area contributed by atoms with Gasteiger partial charge in [0.2, 0.25) is 0 Å². The lowest BCUT2D eigenvalue weighted by molar-refractivity contribution is 0.0186. The second kappa shape index (κ2) is 6.04. The van der Waals surface area contributed by atoms with Crippen LogP contribution in [0.3, 0.4) is 0 Å². The standard InChI is InChI=1S/C15H22FNO2/c1-6-17(14(18)19-15(3,4)5)11(2)12-7-9-13(16)10-8-12/h7-11H,6H2,1-5H3. The van der Waals surface area contributed by atoms with Crippen molar-refractivity contribution in [2.24, 2.45) is 0 Å². The molecule has 0 N–H and O–H groups in total. The fraction of sp³-hybridized carbons (Fsp3) is 0.533. The lowest BCUT2D eigenvalue weighted by Gasteiger charge is -2.31. The molecule has 1 rings (SSSR count). The molecule has 0 aliphatic rings. The Kier molecular flexibility index (Phi) is 4.92. The third-order valence-corrected chi connectivity index (χ3v) is 2.79. The largest absolute Gasteiger partial charge is 0.444 e. The number of carbonyl (C=O) groups is 1. The molecule has 0 radical (unpaired) electrons. The lowest BCUT2D eigenvalue weighted by atomic mass is 10.1. The molecule has 0 bridgehead atoms. The summed E-state index contributed by atoms with van der Waals surface area (Å²) in [5.74, 6) is -0.281. The number of rotatable bonds is 3. The Bertz CT molecular complexity index is 423. The van der Waals surface area contributed by atoms with Crippen molar-refractivity contribution in [1.82, 2.24) is 4.90 Å². The van der Waals surface area contributed by atoms with Gasteiger partial charge in [0.1, 0.15) is 11.4 Å². The van der Waals surface area contributed by atoms with E-state index in [4.69, 9.17) is 4.74 Å². The van der Waals surface area contributed by atoms with Gasteiger partial charge in [0.15, 0.2) is 0 Å². The number of ether oxygens (including phenoxy) is 1. The van der Waals surface area contributed by atoms with Gasteiger partial charge in [-0.3, -0.25) is 0 Å². The fourth-order valence-electron chi connectivity index (χ4n) is 1.80. The molecular weight excluding hydrogens is 245 g/mol. The van der Waals surface area contributed by atoms with Gasteiger partial charge in [-0.1, -0.05) is 12.1 Å². The highest BCUT2D eigenvalue weighted by Crippen LogP contribution is 2.22. The average Bonchev–Trinajstić information content (AvgIpc) is 2.28. The Balaban J connectivity index is 2.84. The van der Waals surface area contributed by atoms with Gasteiger partial charge >= 0.3 is 6.09 Å². The van der Waals surface area contributed by atoms with E-state index in [1.807, 2.05) is 34.6 Å². The number of hydrogen-bond donors (Lipinski definition) is 0. The summed E-state index contributed by atoms with van der Waals surface area (Å²) in [6.45, 7) is 9.84. The van der Waals surface area contributed by atoms with E-state index in [-0.39, 0.29) is 18.0 Å². The number of nitrogens with zero attached hydrogens (tertiary/aromatic N) is 1. The molecule has 0 spiro atoms. The quantitative estimate of drug-likeness (QED) is 0.823. The first-order valence-corrected chi connectivity index (χ1v) is 6.49. The average molecular weight is 267 g/mol. The molecule has 0 fully saturated rings. The van der Waals surface area contributed by atoms with Crippen molar-refractivity contribution >= 4 is 6.09 Å². The van der Waals surface area contributed by atoms with Gasteiger partial charge in [-0.15, -0.1) is 0 Å². The lowest BCUT2D eigenvalue weighted by Crippen LogP contribution is -2.38. The Morgan fingerprint density at radius 3 is 2.26 bits per heavy atom. The molecule has 1 aromatic carbocycles. The minimum Gasteiger partial charge on any atom is -0.444 e. The first-order valence-electron chi connectivity index (χ1n) is 6.49. The van der Waals surface area contributed by atoms with E-state index in [2.05, 4.69) is 0 Å². The van der Waals surface area contributed by atoms with Crippen molar-refractivity contribution in [1.29, 1.82) is 0 Å². The molecule has 0 saturated carbocycles. The van der Waals surface area contributed by atoms with Crippen molar-refractivity contribution in [2.75, 3.05) is 6.54 Å². The third-order valence-electron chi connectivity index (χ3n) is 2.79. The zero-order valence-corrected chi connectivity index (χ0v) is 12.2. The molecule has 19 heavy (non-hydrogen) atoms.